The van der Waals surface area contributed by atoms with Gasteiger partial charge in [0.05, 0.1) is 24.3 Å². The van der Waals surface area contributed by atoms with Crippen LogP contribution in [0, 0.1) is 5.92 Å². The average molecular weight is 376 g/mol. The van der Waals surface area contributed by atoms with Crippen LogP contribution < -0.4 is 10.2 Å². The Morgan fingerprint density at radius 3 is 2.64 bits per heavy atom. The highest BCUT2D eigenvalue weighted by Crippen LogP contribution is 2.33. The zero-order valence-corrected chi connectivity index (χ0v) is 15.8. The van der Waals surface area contributed by atoms with Gasteiger partial charge in [0.15, 0.2) is 5.82 Å². The number of carbonyl (C=O) groups is 1. The Morgan fingerprint density at radius 2 is 1.82 bits per heavy atom. The Labute approximate surface area is 164 Å². The summed E-state index contributed by atoms with van der Waals surface area (Å²) in [5.74, 6) is 1.23. The van der Waals surface area contributed by atoms with E-state index in [1.54, 1.807) is 0 Å². The summed E-state index contributed by atoms with van der Waals surface area (Å²) in [6.07, 6.45) is 2.53. The van der Waals surface area contributed by atoms with Crippen LogP contribution in [0.4, 0.5) is 11.5 Å². The molecule has 6 nitrogen and oxygen atoms in total. The van der Waals surface area contributed by atoms with E-state index in [-0.39, 0.29) is 5.91 Å². The van der Waals surface area contributed by atoms with Crippen LogP contribution >= 0.6 is 0 Å². The lowest BCUT2D eigenvalue weighted by Gasteiger charge is -2.30. The summed E-state index contributed by atoms with van der Waals surface area (Å²) in [7, 11) is 0. The lowest BCUT2D eigenvalue weighted by atomic mass is 10.1. The molecule has 1 saturated heterocycles. The maximum absolute atomic E-state index is 13.1. The molecule has 0 atom stereocenters. The molecule has 0 radical (unpaired) electrons. The van der Waals surface area contributed by atoms with E-state index < -0.39 is 0 Å². The van der Waals surface area contributed by atoms with Gasteiger partial charge in [0.1, 0.15) is 0 Å². The normalized spacial score (nSPS) is 17.1. The van der Waals surface area contributed by atoms with Crippen LogP contribution in [-0.2, 0) is 11.3 Å². The number of fused-ring (bicyclic) bond motifs is 1. The first-order valence-electron chi connectivity index (χ1n) is 9.98. The molecular weight excluding hydrogens is 352 g/mol. The number of hydrogen-bond acceptors (Lipinski definition) is 4. The van der Waals surface area contributed by atoms with Crippen molar-refractivity contribution in [2.75, 3.05) is 36.5 Å². The topological polar surface area (TPSA) is 59.4 Å². The predicted octanol–water partition coefficient (Wildman–Crippen LogP) is 3.54. The Kier molecular flexibility index (Phi) is 4.49. The molecule has 144 valence electrons. The van der Waals surface area contributed by atoms with Gasteiger partial charge in [-0.25, -0.2) is 0 Å². The molecule has 2 heterocycles. The summed E-state index contributed by atoms with van der Waals surface area (Å²) >= 11 is 0. The van der Waals surface area contributed by atoms with Crippen LogP contribution in [0.3, 0.4) is 0 Å². The molecule has 1 saturated carbocycles. The number of ether oxygens (including phenoxy) is 1. The standard InChI is InChI=1S/C22H24N4O2/c27-22(18-6-2-3-7-19(18)25-11-13-28-14-12-25)23-21-17-5-1-4-8-20(17)26(24-21)15-16-9-10-16/h1-8,16H,9-15H2,(H,23,24,27). The number of aromatic nitrogens is 2. The van der Waals surface area contributed by atoms with E-state index in [0.717, 1.165) is 36.2 Å². The van der Waals surface area contributed by atoms with E-state index in [2.05, 4.69) is 16.3 Å². The van der Waals surface area contributed by atoms with Crippen molar-refractivity contribution in [1.29, 1.82) is 0 Å². The molecule has 2 aromatic carbocycles. The van der Waals surface area contributed by atoms with Gasteiger partial charge in [-0.05, 0) is 43.0 Å². The molecule has 6 heteroatoms. The molecule has 1 N–H and O–H groups in total. The Hall–Kier alpha value is -2.86. The highest BCUT2D eigenvalue weighted by Gasteiger charge is 2.24. The first-order valence-corrected chi connectivity index (χ1v) is 9.98. The van der Waals surface area contributed by atoms with Crippen LogP contribution in [-0.4, -0.2) is 42.0 Å². The quantitative estimate of drug-likeness (QED) is 0.740. The minimum absolute atomic E-state index is 0.121. The summed E-state index contributed by atoms with van der Waals surface area (Å²) in [6, 6.07) is 15.9. The van der Waals surface area contributed by atoms with Crippen LogP contribution in [0.2, 0.25) is 0 Å². The average Bonchev–Trinajstić information content (AvgIpc) is 3.51. The summed E-state index contributed by atoms with van der Waals surface area (Å²) in [6.45, 7) is 3.88. The lowest BCUT2D eigenvalue weighted by molar-refractivity contribution is 0.102. The van der Waals surface area contributed by atoms with Crippen molar-refractivity contribution in [3.05, 3.63) is 54.1 Å². The van der Waals surface area contributed by atoms with Gasteiger partial charge in [-0.15, -0.1) is 0 Å². The molecule has 2 fully saturated rings. The number of para-hydroxylation sites is 2. The van der Waals surface area contributed by atoms with Crippen molar-refractivity contribution in [3.8, 4) is 0 Å². The molecule has 0 spiro atoms. The molecule has 0 bridgehead atoms. The van der Waals surface area contributed by atoms with Crippen LogP contribution in [0.25, 0.3) is 10.9 Å². The second-order valence-corrected chi connectivity index (χ2v) is 7.56. The Bertz CT molecular complexity index is 1000. The molecule has 2 aliphatic rings. The second kappa shape index (κ2) is 7.28. The highest BCUT2D eigenvalue weighted by molar-refractivity contribution is 6.10. The summed E-state index contributed by atoms with van der Waals surface area (Å²) < 4.78 is 7.49. The van der Waals surface area contributed by atoms with Gasteiger partial charge in [0, 0.05) is 30.7 Å². The van der Waals surface area contributed by atoms with E-state index in [9.17, 15) is 4.79 Å². The monoisotopic (exact) mass is 376 g/mol. The summed E-state index contributed by atoms with van der Waals surface area (Å²) in [5, 5.41) is 8.78. The lowest BCUT2D eigenvalue weighted by Crippen LogP contribution is -2.37. The summed E-state index contributed by atoms with van der Waals surface area (Å²) in [4.78, 5) is 15.4. The van der Waals surface area contributed by atoms with Gasteiger partial charge >= 0.3 is 0 Å². The predicted molar refractivity (Wildman–Crippen MR) is 110 cm³/mol. The number of carbonyl (C=O) groups excluding carboxylic acids is 1. The second-order valence-electron chi connectivity index (χ2n) is 7.56. The SMILES string of the molecule is O=C(Nc1nn(CC2CC2)c2ccccc12)c1ccccc1N1CCOCC1. The largest absolute Gasteiger partial charge is 0.378 e. The number of rotatable bonds is 5. The van der Waals surface area contributed by atoms with E-state index in [1.807, 2.05) is 47.1 Å². The fourth-order valence-electron chi connectivity index (χ4n) is 3.82. The number of benzene rings is 2. The molecule has 3 aromatic rings. The van der Waals surface area contributed by atoms with Gasteiger partial charge in [-0.1, -0.05) is 24.3 Å². The van der Waals surface area contributed by atoms with Crippen LogP contribution in [0.15, 0.2) is 48.5 Å². The van der Waals surface area contributed by atoms with Gasteiger partial charge in [0.2, 0.25) is 0 Å². The Morgan fingerprint density at radius 1 is 1.07 bits per heavy atom. The minimum atomic E-state index is -0.121. The third kappa shape index (κ3) is 3.36. The number of nitrogens with one attached hydrogen (secondary N) is 1. The number of hydrogen-bond donors (Lipinski definition) is 1. The molecule has 1 aliphatic heterocycles. The fourth-order valence-corrected chi connectivity index (χ4v) is 3.82. The van der Waals surface area contributed by atoms with E-state index >= 15 is 0 Å². The van der Waals surface area contributed by atoms with Gasteiger partial charge in [-0.3, -0.25) is 9.48 Å². The van der Waals surface area contributed by atoms with E-state index in [0.29, 0.717) is 30.5 Å². The number of nitrogens with zero attached hydrogens (tertiary/aromatic N) is 3. The first-order chi connectivity index (χ1) is 13.8. The Balaban J connectivity index is 1.45. The molecule has 1 aromatic heterocycles. The number of amides is 1. The number of anilines is 2. The van der Waals surface area contributed by atoms with Crippen LogP contribution in [0.5, 0.6) is 0 Å². The maximum atomic E-state index is 13.1. The van der Waals surface area contributed by atoms with Crippen molar-refractivity contribution < 1.29 is 9.53 Å². The highest BCUT2D eigenvalue weighted by atomic mass is 16.5. The fraction of sp³-hybridized carbons (Fsp3) is 0.364. The van der Waals surface area contributed by atoms with Crippen molar-refractivity contribution >= 4 is 28.3 Å². The molecular formula is C22H24N4O2. The number of morpholine rings is 1. The molecule has 0 unspecified atom stereocenters. The van der Waals surface area contributed by atoms with E-state index in [4.69, 9.17) is 9.84 Å². The minimum Gasteiger partial charge on any atom is -0.378 e. The third-order valence-corrected chi connectivity index (χ3v) is 5.52. The summed E-state index contributed by atoms with van der Waals surface area (Å²) in [5.41, 5.74) is 2.70. The van der Waals surface area contributed by atoms with Gasteiger partial charge in [-0.2, -0.15) is 5.10 Å². The van der Waals surface area contributed by atoms with Crippen molar-refractivity contribution in [2.45, 2.75) is 19.4 Å². The van der Waals surface area contributed by atoms with Crippen molar-refractivity contribution in [3.63, 3.8) is 0 Å². The van der Waals surface area contributed by atoms with Crippen LogP contribution in [0.1, 0.15) is 23.2 Å². The maximum Gasteiger partial charge on any atom is 0.258 e. The van der Waals surface area contributed by atoms with Gasteiger partial charge in [0.25, 0.3) is 5.91 Å². The zero-order valence-electron chi connectivity index (χ0n) is 15.8. The van der Waals surface area contributed by atoms with Crippen molar-refractivity contribution in [2.24, 2.45) is 5.92 Å². The van der Waals surface area contributed by atoms with Gasteiger partial charge < -0.3 is 15.0 Å². The zero-order chi connectivity index (χ0) is 18.9. The molecule has 5 rings (SSSR count). The third-order valence-electron chi connectivity index (χ3n) is 5.52. The van der Waals surface area contributed by atoms with Crippen molar-refractivity contribution in [1.82, 2.24) is 9.78 Å². The smallest absolute Gasteiger partial charge is 0.258 e. The van der Waals surface area contributed by atoms with E-state index in [1.165, 1.54) is 12.8 Å². The molecule has 28 heavy (non-hydrogen) atoms. The first kappa shape index (κ1) is 17.3. The molecule has 1 amide bonds. The molecule has 1 aliphatic carbocycles.